The van der Waals surface area contributed by atoms with Gasteiger partial charge in [-0.15, -0.1) is 12.4 Å². The van der Waals surface area contributed by atoms with Gasteiger partial charge in [0.05, 0.1) is 12.7 Å². The minimum absolute atomic E-state index is 0. The number of likely N-dealkylation sites (N-methyl/N-ethyl adjacent to an activating group) is 1. The highest BCUT2D eigenvalue weighted by Crippen LogP contribution is 2.20. The first-order valence-electron chi connectivity index (χ1n) is 9.77. The highest BCUT2D eigenvalue weighted by Gasteiger charge is 2.40. The molecule has 1 aromatic carbocycles. The third-order valence-corrected chi connectivity index (χ3v) is 5.39. The number of rotatable bonds is 6. The number of amides is 1. The lowest BCUT2D eigenvalue weighted by Gasteiger charge is -2.44. The molecule has 28 heavy (non-hydrogen) atoms. The number of carbonyl (C=O) groups excluding carboxylic acids is 1. The Morgan fingerprint density at radius 3 is 2.43 bits per heavy atom. The molecule has 154 valence electrons. The molecule has 0 saturated carbocycles. The van der Waals surface area contributed by atoms with E-state index in [1.165, 1.54) is 5.69 Å². The van der Waals surface area contributed by atoms with E-state index in [-0.39, 0.29) is 24.5 Å². The SMILES string of the molecule is CCC(NC1(C(=O)N(C)C)C=CC=NC1)N1CCN(c2ccccc2)CC1.Cl. The molecule has 0 aliphatic carbocycles. The topological polar surface area (TPSA) is 51.2 Å². The standard InChI is InChI=1S/C21H31N5O.ClH/c1-4-19(23-21(20(27)24(2)3)11-8-12-22-17-21)26-15-13-25(14-16-26)18-9-6-5-7-10-18;/h5-12,19,23H,4,13-17H2,1-3H3;1H. The molecule has 1 N–H and O–H groups in total. The molecule has 7 heteroatoms. The lowest BCUT2D eigenvalue weighted by Crippen LogP contribution is -2.65. The van der Waals surface area contributed by atoms with Gasteiger partial charge in [-0.25, -0.2) is 0 Å². The van der Waals surface area contributed by atoms with Gasteiger partial charge in [0.15, 0.2) is 0 Å². The Bertz CT molecular complexity index is 685. The Balaban J connectivity index is 0.00000280. The maximum Gasteiger partial charge on any atom is 0.248 e. The van der Waals surface area contributed by atoms with Crippen LogP contribution in [0.4, 0.5) is 5.69 Å². The van der Waals surface area contributed by atoms with Crippen molar-refractivity contribution >= 4 is 30.2 Å². The first-order valence-corrected chi connectivity index (χ1v) is 9.77. The van der Waals surface area contributed by atoms with Crippen LogP contribution in [0.3, 0.4) is 0 Å². The van der Waals surface area contributed by atoms with Gasteiger partial charge in [-0.2, -0.15) is 0 Å². The summed E-state index contributed by atoms with van der Waals surface area (Å²) in [4.78, 5) is 23.8. The Morgan fingerprint density at radius 2 is 1.89 bits per heavy atom. The highest BCUT2D eigenvalue weighted by atomic mass is 35.5. The molecule has 0 spiro atoms. The van der Waals surface area contributed by atoms with Crippen molar-refractivity contribution in [2.75, 3.05) is 51.7 Å². The molecule has 2 heterocycles. The fourth-order valence-electron chi connectivity index (χ4n) is 3.89. The van der Waals surface area contributed by atoms with Gasteiger partial charge in [0.2, 0.25) is 5.91 Å². The van der Waals surface area contributed by atoms with Crippen LogP contribution < -0.4 is 10.2 Å². The Hall–Kier alpha value is -1.89. The van der Waals surface area contributed by atoms with Gasteiger partial charge >= 0.3 is 0 Å². The van der Waals surface area contributed by atoms with E-state index in [9.17, 15) is 4.79 Å². The summed E-state index contributed by atoms with van der Waals surface area (Å²) in [7, 11) is 3.61. The number of hydrogen-bond donors (Lipinski definition) is 1. The van der Waals surface area contributed by atoms with Crippen LogP contribution in [0.1, 0.15) is 13.3 Å². The summed E-state index contributed by atoms with van der Waals surface area (Å²) < 4.78 is 0. The van der Waals surface area contributed by atoms with E-state index in [1.807, 2.05) is 12.2 Å². The number of halogens is 1. The van der Waals surface area contributed by atoms with Crippen molar-refractivity contribution in [2.24, 2.45) is 4.99 Å². The molecule has 1 aromatic rings. The minimum Gasteiger partial charge on any atom is -0.369 e. The molecule has 2 unspecified atom stereocenters. The number of hydrogen-bond acceptors (Lipinski definition) is 5. The molecule has 1 saturated heterocycles. The Kier molecular flexibility index (Phi) is 8.04. The quantitative estimate of drug-likeness (QED) is 0.786. The number of nitrogens with zero attached hydrogens (tertiary/aromatic N) is 4. The molecule has 0 bridgehead atoms. The zero-order valence-electron chi connectivity index (χ0n) is 17.0. The molecular weight excluding hydrogens is 374 g/mol. The molecule has 0 aromatic heterocycles. The van der Waals surface area contributed by atoms with Crippen LogP contribution in [0.2, 0.25) is 0 Å². The zero-order chi connectivity index (χ0) is 19.3. The molecule has 0 radical (unpaired) electrons. The van der Waals surface area contributed by atoms with Crippen LogP contribution in [-0.4, -0.2) is 80.4 Å². The van der Waals surface area contributed by atoms with Crippen molar-refractivity contribution in [1.82, 2.24) is 15.1 Å². The van der Waals surface area contributed by atoms with E-state index in [0.29, 0.717) is 6.54 Å². The van der Waals surface area contributed by atoms with Gasteiger partial charge in [-0.1, -0.05) is 31.2 Å². The van der Waals surface area contributed by atoms with E-state index >= 15 is 0 Å². The molecule has 2 aliphatic heterocycles. The van der Waals surface area contributed by atoms with Gasteiger partial charge in [0, 0.05) is 52.2 Å². The average molecular weight is 406 g/mol. The van der Waals surface area contributed by atoms with Gasteiger partial charge in [-0.3, -0.25) is 20.0 Å². The summed E-state index contributed by atoms with van der Waals surface area (Å²) in [5.74, 6) is 0.0528. The Labute approximate surface area is 174 Å². The lowest BCUT2D eigenvalue weighted by molar-refractivity contribution is -0.134. The molecule has 6 nitrogen and oxygen atoms in total. The monoisotopic (exact) mass is 405 g/mol. The van der Waals surface area contributed by atoms with Crippen molar-refractivity contribution in [3.8, 4) is 0 Å². The van der Waals surface area contributed by atoms with Crippen molar-refractivity contribution in [3.63, 3.8) is 0 Å². The highest BCUT2D eigenvalue weighted by molar-refractivity contribution is 5.91. The number of dihydropyridines is 1. The summed E-state index contributed by atoms with van der Waals surface area (Å²) >= 11 is 0. The molecule has 2 atom stereocenters. The van der Waals surface area contributed by atoms with Crippen molar-refractivity contribution in [2.45, 2.75) is 25.0 Å². The fraction of sp³-hybridized carbons (Fsp3) is 0.524. The van der Waals surface area contributed by atoms with Crippen LogP contribution >= 0.6 is 12.4 Å². The van der Waals surface area contributed by atoms with Crippen LogP contribution in [-0.2, 0) is 4.79 Å². The van der Waals surface area contributed by atoms with E-state index in [4.69, 9.17) is 0 Å². The molecule has 1 amide bonds. The maximum atomic E-state index is 12.9. The van der Waals surface area contributed by atoms with Gasteiger partial charge < -0.3 is 9.80 Å². The first kappa shape index (κ1) is 22.4. The number of allylic oxidation sites excluding steroid dienone is 1. The normalized spacial score (nSPS) is 23.2. The van der Waals surface area contributed by atoms with Crippen molar-refractivity contribution < 1.29 is 4.79 Å². The van der Waals surface area contributed by atoms with Gasteiger partial charge in [0.1, 0.15) is 5.54 Å². The average Bonchev–Trinajstić information content (AvgIpc) is 2.73. The zero-order valence-corrected chi connectivity index (χ0v) is 17.9. The van der Waals surface area contributed by atoms with E-state index in [1.54, 1.807) is 25.2 Å². The van der Waals surface area contributed by atoms with Crippen molar-refractivity contribution in [3.05, 3.63) is 42.5 Å². The van der Waals surface area contributed by atoms with Gasteiger partial charge in [0.25, 0.3) is 0 Å². The van der Waals surface area contributed by atoms with E-state index in [2.05, 4.69) is 57.4 Å². The summed E-state index contributed by atoms with van der Waals surface area (Å²) in [6, 6.07) is 10.6. The number of anilines is 1. The molecule has 2 aliphatic rings. The third-order valence-electron chi connectivity index (χ3n) is 5.39. The number of nitrogens with one attached hydrogen (secondary N) is 1. The third kappa shape index (κ3) is 4.93. The number of piperazine rings is 1. The maximum absolute atomic E-state index is 12.9. The second-order valence-corrected chi connectivity index (χ2v) is 7.45. The Morgan fingerprint density at radius 1 is 1.21 bits per heavy atom. The van der Waals surface area contributed by atoms with Crippen LogP contribution in [0.15, 0.2) is 47.5 Å². The number of para-hydroxylation sites is 1. The van der Waals surface area contributed by atoms with Crippen LogP contribution in [0.5, 0.6) is 0 Å². The van der Waals surface area contributed by atoms with Crippen LogP contribution in [0.25, 0.3) is 0 Å². The summed E-state index contributed by atoms with van der Waals surface area (Å²) in [6.45, 7) is 6.54. The number of aliphatic imine (C=N–C) groups is 1. The van der Waals surface area contributed by atoms with Gasteiger partial charge in [-0.05, 0) is 24.6 Å². The summed E-state index contributed by atoms with van der Waals surface area (Å²) in [5, 5.41) is 3.64. The molecule has 3 rings (SSSR count). The minimum atomic E-state index is -0.754. The number of carbonyl (C=O) groups is 1. The largest absolute Gasteiger partial charge is 0.369 e. The molecular formula is C21H32ClN5O. The number of benzene rings is 1. The predicted octanol–water partition coefficient (Wildman–Crippen LogP) is 2.02. The second kappa shape index (κ2) is 10.0. The first-order chi connectivity index (χ1) is 13.1. The summed E-state index contributed by atoms with van der Waals surface area (Å²) in [5.41, 5.74) is 0.525. The van der Waals surface area contributed by atoms with Crippen LogP contribution in [0, 0.1) is 0 Å². The van der Waals surface area contributed by atoms with Crippen molar-refractivity contribution in [1.29, 1.82) is 0 Å². The lowest BCUT2D eigenvalue weighted by atomic mass is 9.94. The molecule has 1 fully saturated rings. The summed E-state index contributed by atoms with van der Waals surface area (Å²) in [6.07, 6.45) is 6.68. The second-order valence-electron chi connectivity index (χ2n) is 7.45. The fourth-order valence-corrected chi connectivity index (χ4v) is 3.89. The van der Waals surface area contributed by atoms with E-state index in [0.717, 1.165) is 32.6 Å². The smallest absolute Gasteiger partial charge is 0.248 e. The van der Waals surface area contributed by atoms with E-state index < -0.39 is 5.54 Å². The predicted molar refractivity (Wildman–Crippen MR) is 119 cm³/mol.